The van der Waals surface area contributed by atoms with Gasteiger partial charge in [-0.1, -0.05) is 6.08 Å². The molecule has 100 valence electrons. The largest absolute Gasteiger partial charge is 0.389 e. The molecule has 4 heteroatoms. The lowest BCUT2D eigenvalue weighted by molar-refractivity contribution is 0.178. The number of nitrogens with zero attached hydrogens (tertiary/aromatic N) is 2. The van der Waals surface area contributed by atoms with Gasteiger partial charge in [-0.15, -0.1) is 6.58 Å². The fourth-order valence-electron chi connectivity index (χ4n) is 2.22. The van der Waals surface area contributed by atoms with Gasteiger partial charge in [0.1, 0.15) is 0 Å². The second kappa shape index (κ2) is 8.64. The highest BCUT2D eigenvalue weighted by Gasteiger charge is 2.14. The fourth-order valence-corrected chi connectivity index (χ4v) is 2.22. The van der Waals surface area contributed by atoms with Gasteiger partial charge in [-0.25, -0.2) is 0 Å². The van der Waals surface area contributed by atoms with Gasteiger partial charge < -0.3 is 20.6 Å². The molecule has 0 unspecified atom stereocenters. The summed E-state index contributed by atoms with van der Waals surface area (Å²) in [7, 11) is 0. The van der Waals surface area contributed by atoms with E-state index in [9.17, 15) is 5.11 Å². The molecule has 4 nitrogen and oxygen atoms in total. The summed E-state index contributed by atoms with van der Waals surface area (Å²) in [5, 5.41) is 9.46. The lowest BCUT2D eigenvalue weighted by Gasteiger charge is -2.22. The SMILES string of the molecule is C=C[C@@H](O)CCN1CCCN(CCCN)CC1. The minimum Gasteiger partial charge on any atom is -0.389 e. The quantitative estimate of drug-likeness (QED) is 0.629. The molecule has 0 radical (unpaired) electrons. The molecular formula is C13H27N3O. The van der Waals surface area contributed by atoms with E-state index in [1.807, 2.05) is 0 Å². The van der Waals surface area contributed by atoms with Gasteiger partial charge >= 0.3 is 0 Å². The number of hydrogen-bond donors (Lipinski definition) is 2. The third-order valence-corrected chi connectivity index (χ3v) is 3.37. The molecular weight excluding hydrogens is 214 g/mol. The summed E-state index contributed by atoms with van der Waals surface area (Å²) in [6.07, 6.45) is 4.37. The molecule has 0 aromatic rings. The molecule has 3 N–H and O–H groups in total. The monoisotopic (exact) mass is 241 g/mol. The lowest BCUT2D eigenvalue weighted by Crippen LogP contribution is -2.33. The van der Waals surface area contributed by atoms with Crippen molar-refractivity contribution in [2.45, 2.75) is 25.4 Å². The van der Waals surface area contributed by atoms with E-state index in [0.29, 0.717) is 0 Å². The summed E-state index contributed by atoms with van der Waals surface area (Å²) in [6, 6.07) is 0. The van der Waals surface area contributed by atoms with Crippen LogP contribution in [0, 0.1) is 0 Å². The van der Waals surface area contributed by atoms with E-state index in [-0.39, 0.29) is 6.10 Å². The highest BCUT2D eigenvalue weighted by atomic mass is 16.3. The molecule has 0 aromatic heterocycles. The summed E-state index contributed by atoms with van der Waals surface area (Å²) in [6.45, 7) is 11.0. The average Bonchev–Trinajstić information content (AvgIpc) is 2.58. The summed E-state index contributed by atoms with van der Waals surface area (Å²) in [5.41, 5.74) is 5.53. The van der Waals surface area contributed by atoms with Crippen LogP contribution in [0.4, 0.5) is 0 Å². The van der Waals surface area contributed by atoms with Crippen molar-refractivity contribution >= 4 is 0 Å². The Morgan fingerprint density at radius 2 is 1.82 bits per heavy atom. The Balaban J connectivity index is 2.20. The van der Waals surface area contributed by atoms with Gasteiger partial charge in [0.05, 0.1) is 6.10 Å². The van der Waals surface area contributed by atoms with Crippen LogP contribution in [0.3, 0.4) is 0 Å². The van der Waals surface area contributed by atoms with Crippen LogP contribution in [0.15, 0.2) is 12.7 Å². The van der Waals surface area contributed by atoms with E-state index >= 15 is 0 Å². The summed E-state index contributed by atoms with van der Waals surface area (Å²) < 4.78 is 0. The van der Waals surface area contributed by atoms with Gasteiger partial charge in [0.2, 0.25) is 0 Å². The van der Waals surface area contributed by atoms with E-state index in [0.717, 1.165) is 52.1 Å². The minimum absolute atomic E-state index is 0.355. The van der Waals surface area contributed by atoms with Crippen molar-refractivity contribution in [3.8, 4) is 0 Å². The van der Waals surface area contributed by atoms with Gasteiger partial charge in [0, 0.05) is 19.6 Å². The molecule has 1 fully saturated rings. The Hall–Kier alpha value is -0.420. The first-order valence-electron chi connectivity index (χ1n) is 6.71. The van der Waals surface area contributed by atoms with Crippen LogP contribution < -0.4 is 5.73 Å². The predicted molar refractivity (Wildman–Crippen MR) is 72.0 cm³/mol. The number of rotatable bonds is 7. The van der Waals surface area contributed by atoms with E-state index in [4.69, 9.17) is 5.73 Å². The Morgan fingerprint density at radius 3 is 2.41 bits per heavy atom. The summed E-state index contributed by atoms with van der Waals surface area (Å²) in [5.74, 6) is 0. The van der Waals surface area contributed by atoms with Crippen LogP contribution in [0.2, 0.25) is 0 Å². The number of aliphatic hydroxyl groups excluding tert-OH is 1. The number of hydrogen-bond acceptors (Lipinski definition) is 4. The second-order valence-electron chi connectivity index (χ2n) is 4.77. The summed E-state index contributed by atoms with van der Waals surface area (Å²) in [4.78, 5) is 4.94. The molecule has 1 rings (SSSR count). The maximum absolute atomic E-state index is 9.46. The molecule has 0 saturated carbocycles. The third kappa shape index (κ3) is 6.17. The first-order chi connectivity index (χ1) is 8.26. The van der Waals surface area contributed by atoms with Crippen molar-refractivity contribution < 1.29 is 5.11 Å². The Morgan fingerprint density at radius 1 is 1.18 bits per heavy atom. The van der Waals surface area contributed by atoms with Gasteiger partial charge in [-0.05, 0) is 45.4 Å². The van der Waals surface area contributed by atoms with Crippen molar-refractivity contribution in [3.63, 3.8) is 0 Å². The van der Waals surface area contributed by atoms with Gasteiger partial charge in [-0.2, -0.15) is 0 Å². The van der Waals surface area contributed by atoms with E-state index in [1.165, 1.54) is 13.0 Å². The maximum atomic E-state index is 9.46. The predicted octanol–water partition coefficient (Wildman–Crippen LogP) is 0.280. The number of aliphatic hydroxyl groups is 1. The lowest BCUT2D eigenvalue weighted by atomic mass is 10.2. The van der Waals surface area contributed by atoms with Crippen LogP contribution in [0.5, 0.6) is 0 Å². The van der Waals surface area contributed by atoms with Crippen molar-refractivity contribution in [3.05, 3.63) is 12.7 Å². The van der Waals surface area contributed by atoms with Crippen LogP contribution in [-0.4, -0.2) is 66.8 Å². The van der Waals surface area contributed by atoms with Gasteiger partial charge in [0.15, 0.2) is 0 Å². The summed E-state index contributed by atoms with van der Waals surface area (Å²) >= 11 is 0. The van der Waals surface area contributed by atoms with Crippen molar-refractivity contribution in [1.29, 1.82) is 0 Å². The average molecular weight is 241 g/mol. The molecule has 0 spiro atoms. The molecule has 0 amide bonds. The van der Waals surface area contributed by atoms with Gasteiger partial charge in [0.25, 0.3) is 0 Å². The molecule has 1 atom stereocenters. The molecule has 1 aliphatic heterocycles. The number of nitrogens with two attached hydrogens (primary N) is 1. The van der Waals surface area contributed by atoms with Gasteiger partial charge in [-0.3, -0.25) is 0 Å². The van der Waals surface area contributed by atoms with Crippen LogP contribution in [-0.2, 0) is 0 Å². The van der Waals surface area contributed by atoms with Crippen molar-refractivity contribution in [1.82, 2.24) is 9.80 Å². The Bertz CT molecular complexity index is 211. The third-order valence-electron chi connectivity index (χ3n) is 3.37. The van der Waals surface area contributed by atoms with E-state index < -0.39 is 0 Å². The van der Waals surface area contributed by atoms with E-state index in [2.05, 4.69) is 16.4 Å². The molecule has 0 aromatic carbocycles. The fraction of sp³-hybridized carbons (Fsp3) is 0.846. The Labute approximate surface area is 105 Å². The maximum Gasteiger partial charge on any atom is 0.0730 e. The zero-order valence-electron chi connectivity index (χ0n) is 10.9. The molecule has 0 bridgehead atoms. The highest BCUT2D eigenvalue weighted by molar-refractivity contribution is 4.79. The molecule has 1 saturated heterocycles. The molecule has 0 aliphatic carbocycles. The van der Waals surface area contributed by atoms with Crippen molar-refractivity contribution in [2.24, 2.45) is 5.73 Å². The molecule has 1 heterocycles. The Kier molecular flexibility index (Phi) is 7.44. The topological polar surface area (TPSA) is 52.7 Å². The van der Waals surface area contributed by atoms with Crippen molar-refractivity contribution in [2.75, 3.05) is 45.8 Å². The highest BCUT2D eigenvalue weighted by Crippen LogP contribution is 2.05. The smallest absolute Gasteiger partial charge is 0.0730 e. The minimum atomic E-state index is -0.355. The first kappa shape index (κ1) is 14.6. The zero-order valence-corrected chi connectivity index (χ0v) is 10.9. The first-order valence-corrected chi connectivity index (χ1v) is 6.71. The second-order valence-corrected chi connectivity index (χ2v) is 4.77. The molecule has 17 heavy (non-hydrogen) atoms. The standard InChI is InChI=1S/C13H27N3O/c1-2-13(17)5-10-16-9-4-8-15(11-12-16)7-3-6-14/h2,13,17H,1,3-12,14H2/t13-/m1/s1. The van der Waals surface area contributed by atoms with Crippen LogP contribution in [0.1, 0.15) is 19.3 Å². The van der Waals surface area contributed by atoms with Crippen LogP contribution in [0.25, 0.3) is 0 Å². The molecule has 1 aliphatic rings. The normalized spacial score (nSPS) is 21.1. The van der Waals surface area contributed by atoms with Crippen LogP contribution >= 0.6 is 0 Å². The zero-order chi connectivity index (χ0) is 12.5. The van der Waals surface area contributed by atoms with E-state index in [1.54, 1.807) is 6.08 Å².